The first-order chi connectivity index (χ1) is 15.8. The smallest absolute Gasteiger partial charge is 0.161 e. The zero-order chi connectivity index (χ0) is 21.8. The molecule has 0 saturated carbocycles. The fraction of sp³-hybridized carbons (Fsp3) is 0.0769. The molecule has 0 aliphatic rings. The first-order valence-corrected chi connectivity index (χ1v) is 10.4. The Bertz CT molecular complexity index is 1400. The predicted octanol–water partition coefficient (Wildman–Crippen LogP) is 5.21. The molecule has 2 aromatic heterocycles. The van der Waals surface area contributed by atoms with Gasteiger partial charge in [-0.25, -0.2) is 0 Å². The molecule has 3 aromatic carbocycles. The van der Waals surface area contributed by atoms with E-state index in [1.165, 1.54) is 5.56 Å². The summed E-state index contributed by atoms with van der Waals surface area (Å²) in [5.41, 5.74) is 6.52. The molecule has 5 aromatic rings. The van der Waals surface area contributed by atoms with Gasteiger partial charge >= 0.3 is 0 Å². The maximum Gasteiger partial charge on any atom is 0.161 e. The van der Waals surface area contributed by atoms with Gasteiger partial charge in [-0.1, -0.05) is 54.6 Å². The van der Waals surface area contributed by atoms with Crippen molar-refractivity contribution < 1.29 is 0 Å². The van der Waals surface area contributed by atoms with E-state index in [9.17, 15) is 5.26 Å². The lowest BCUT2D eigenvalue weighted by Gasteiger charge is -2.13. The normalized spacial score (nSPS) is 10.7. The van der Waals surface area contributed by atoms with Crippen LogP contribution in [0.5, 0.6) is 0 Å². The highest BCUT2D eigenvalue weighted by atomic mass is 15.2. The van der Waals surface area contributed by atoms with Crippen LogP contribution in [0.25, 0.3) is 33.4 Å². The molecule has 0 aliphatic carbocycles. The summed E-state index contributed by atoms with van der Waals surface area (Å²) >= 11 is 0. The summed E-state index contributed by atoms with van der Waals surface area (Å²) in [6, 6.07) is 26.9. The maximum absolute atomic E-state index is 9.68. The van der Waals surface area contributed by atoms with Gasteiger partial charge in [-0.3, -0.25) is 4.98 Å². The molecule has 0 fully saturated rings. The third-order valence-electron chi connectivity index (χ3n) is 5.43. The molecule has 5 rings (SSSR count). The molecule has 154 valence electrons. The molecule has 0 saturated heterocycles. The lowest BCUT2D eigenvalue weighted by molar-refractivity contribution is 1.02. The van der Waals surface area contributed by atoms with Crippen molar-refractivity contribution in [3.8, 4) is 28.6 Å². The summed E-state index contributed by atoms with van der Waals surface area (Å²) in [6.07, 6.45) is 4.08. The van der Waals surface area contributed by atoms with Crippen LogP contribution in [-0.4, -0.2) is 26.7 Å². The average molecular weight is 416 g/mol. The Morgan fingerprint density at radius 1 is 0.906 bits per heavy atom. The number of hydrogen-bond acceptors (Lipinski definition) is 5. The second-order valence-corrected chi connectivity index (χ2v) is 7.47. The molecule has 0 atom stereocenters. The van der Waals surface area contributed by atoms with Crippen molar-refractivity contribution in [3.63, 3.8) is 0 Å². The lowest BCUT2D eigenvalue weighted by atomic mass is 9.99. The molecular weight excluding hydrogens is 396 g/mol. The summed E-state index contributed by atoms with van der Waals surface area (Å²) in [4.78, 5) is 7.53. The molecule has 0 bridgehead atoms. The first-order valence-electron chi connectivity index (χ1n) is 10.4. The van der Waals surface area contributed by atoms with Crippen LogP contribution in [0, 0.1) is 11.3 Å². The Balaban J connectivity index is 1.51. The van der Waals surface area contributed by atoms with Crippen LogP contribution < -0.4 is 5.32 Å². The van der Waals surface area contributed by atoms with E-state index >= 15 is 0 Å². The van der Waals surface area contributed by atoms with Gasteiger partial charge in [0.15, 0.2) is 5.82 Å². The number of fused-ring (bicyclic) bond motifs is 1. The molecular formula is C26H20N6. The van der Waals surface area contributed by atoms with Crippen LogP contribution >= 0.6 is 0 Å². The SMILES string of the molecule is N#Cc1cnc2ccc(-c3cccc(-c4nnc[nH]4)c3)cc2c1NCCc1ccccc1. The van der Waals surface area contributed by atoms with E-state index in [1.54, 1.807) is 12.5 Å². The highest BCUT2D eigenvalue weighted by Gasteiger charge is 2.11. The zero-order valence-electron chi connectivity index (χ0n) is 17.3. The van der Waals surface area contributed by atoms with Crippen LogP contribution in [-0.2, 0) is 6.42 Å². The predicted molar refractivity (Wildman–Crippen MR) is 126 cm³/mol. The van der Waals surface area contributed by atoms with Crippen molar-refractivity contribution in [3.05, 3.63) is 96.4 Å². The number of aromatic amines is 1. The molecule has 6 heteroatoms. The Morgan fingerprint density at radius 3 is 2.56 bits per heavy atom. The molecule has 0 amide bonds. The molecule has 0 aliphatic heterocycles. The number of nitrogens with zero attached hydrogens (tertiary/aromatic N) is 4. The molecule has 2 heterocycles. The van der Waals surface area contributed by atoms with Gasteiger partial charge in [0.25, 0.3) is 0 Å². The fourth-order valence-electron chi connectivity index (χ4n) is 3.82. The summed E-state index contributed by atoms with van der Waals surface area (Å²) in [6.45, 7) is 0.725. The van der Waals surface area contributed by atoms with Crippen molar-refractivity contribution in [2.75, 3.05) is 11.9 Å². The van der Waals surface area contributed by atoms with E-state index in [0.29, 0.717) is 5.56 Å². The molecule has 6 nitrogen and oxygen atoms in total. The van der Waals surface area contributed by atoms with E-state index < -0.39 is 0 Å². The van der Waals surface area contributed by atoms with Crippen molar-refractivity contribution in [2.45, 2.75) is 6.42 Å². The first kappa shape index (κ1) is 19.5. The van der Waals surface area contributed by atoms with Gasteiger partial charge in [-0.15, -0.1) is 10.2 Å². The molecule has 2 N–H and O–H groups in total. The summed E-state index contributed by atoms with van der Waals surface area (Å²) in [7, 11) is 0. The standard InChI is InChI=1S/C26H20N6/c27-15-22-16-29-24-10-9-20(19-7-4-8-21(13-19)26-30-17-31-32-26)14-23(24)25(22)28-12-11-18-5-2-1-3-6-18/h1-10,13-14,16-17H,11-12H2,(H,28,29)(H,30,31,32). The number of benzene rings is 3. The second-order valence-electron chi connectivity index (χ2n) is 7.47. The highest BCUT2D eigenvalue weighted by Crippen LogP contribution is 2.31. The third-order valence-corrected chi connectivity index (χ3v) is 5.43. The number of nitriles is 1. The van der Waals surface area contributed by atoms with Crippen molar-refractivity contribution in [2.24, 2.45) is 0 Å². The number of nitrogens with one attached hydrogen (secondary N) is 2. The molecule has 32 heavy (non-hydrogen) atoms. The van der Waals surface area contributed by atoms with Crippen LogP contribution in [0.2, 0.25) is 0 Å². The topological polar surface area (TPSA) is 90.3 Å². The minimum atomic E-state index is 0.540. The minimum Gasteiger partial charge on any atom is -0.383 e. The number of aromatic nitrogens is 4. The zero-order valence-corrected chi connectivity index (χ0v) is 17.3. The molecule has 0 spiro atoms. The Kier molecular flexibility index (Phi) is 5.29. The van der Waals surface area contributed by atoms with Crippen LogP contribution in [0.15, 0.2) is 85.3 Å². The molecule has 0 radical (unpaired) electrons. The van der Waals surface area contributed by atoms with Gasteiger partial charge in [-0.05, 0) is 41.3 Å². The number of H-pyrrole nitrogens is 1. The van der Waals surface area contributed by atoms with Gasteiger partial charge in [0, 0.05) is 23.7 Å². The molecule has 0 unspecified atom stereocenters. The van der Waals surface area contributed by atoms with Gasteiger partial charge in [0.05, 0.1) is 16.8 Å². The maximum atomic E-state index is 9.68. The van der Waals surface area contributed by atoms with Gasteiger partial charge in [0.1, 0.15) is 12.4 Å². The van der Waals surface area contributed by atoms with Crippen LogP contribution in [0.4, 0.5) is 5.69 Å². The number of pyridine rings is 1. The minimum absolute atomic E-state index is 0.540. The number of hydrogen-bond donors (Lipinski definition) is 2. The summed E-state index contributed by atoms with van der Waals surface area (Å²) in [5, 5.41) is 22.1. The Labute approximate surface area is 185 Å². The Morgan fingerprint density at radius 2 is 1.75 bits per heavy atom. The van der Waals surface area contributed by atoms with Crippen LogP contribution in [0.1, 0.15) is 11.1 Å². The quantitative estimate of drug-likeness (QED) is 0.396. The van der Waals surface area contributed by atoms with Gasteiger partial charge < -0.3 is 10.3 Å². The summed E-state index contributed by atoms with van der Waals surface area (Å²) in [5.74, 6) is 0.726. The van der Waals surface area contributed by atoms with E-state index in [4.69, 9.17) is 0 Å². The van der Waals surface area contributed by atoms with Crippen molar-refractivity contribution >= 4 is 16.6 Å². The van der Waals surface area contributed by atoms with Crippen LogP contribution in [0.3, 0.4) is 0 Å². The van der Waals surface area contributed by atoms with Crippen molar-refractivity contribution in [1.82, 2.24) is 20.2 Å². The van der Waals surface area contributed by atoms with E-state index in [1.807, 2.05) is 36.4 Å². The Hall–Kier alpha value is -4.50. The van der Waals surface area contributed by atoms with Gasteiger partial charge in [-0.2, -0.15) is 5.26 Å². The third kappa shape index (κ3) is 3.92. The fourth-order valence-corrected chi connectivity index (χ4v) is 3.82. The average Bonchev–Trinajstić information content (AvgIpc) is 3.40. The van der Waals surface area contributed by atoms with Gasteiger partial charge in [0.2, 0.25) is 0 Å². The number of anilines is 1. The highest BCUT2D eigenvalue weighted by molar-refractivity contribution is 5.96. The largest absolute Gasteiger partial charge is 0.383 e. The number of rotatable bonds is 6. The lowest BCUT2D eigenvalue weighted by Crippen LogP contribution is -2.07. The van der Waals surface area contributed by atoms with E-state index in [0.717, 1.165) is 52.1 Å². The van der Waals surface area contributed by atoms with E-state index in [2.05, 4.69) is 67.9 Å². The summed E-state index contributed by atoms with van der Waals surface area (Å²) < 4.78 is 0. The second kappa shape index (κ2) is 8.70. The monoisotopic (exact) mass is 416 g/mol. The van der Waals surface area contributed by atoms with Crippen molar-refractivity contribution in [1.29, 1.82) is 5.26 Å². The van der Waals surface area contributed by atoms with E-state index in [-0.39, 0.29) is 0 Å².